The topological polar surface area (TPSA) is 58.6 Å². The molecule has 0 spiro atoms. The van der Waals surface area contributed by atoms with E-state index in [1.807, 2.05) is 30.3 Å². The molecule has 1 N–H and O–H groups in total. The van der Waals surface area contributed by atoms with Crippen LogP contribution in [-0.2, 0) is 16.0 Å². The van der Waals surface area contributed by atoms with Crippen LogP contribution in [0, 0.1) is 5.82 Å². The van der Waals surface area contributed by atoms with Gasteiger partial charge in [-0.3, -0.25) is 14.5 Å². The molecule has 0 aromatic heterocycles. The van der Waals surface area contributed by atoms with Gasteiger partial charge in [-0.05, 0) is 24.1 Å². The Hall–Kier alpha value is -2.89. The lowest BCUT2D eigenvalue weighted by molar-refractivity contribution is -0.125. The van der Waals surface area contributed by atoms with Crippen molar-refractivity contribution in [3.05, 3.63) is 59.9 Å². The number of halogens is 1. The molecule has 0 saturated carbocycles. The lowest BCUT2D eigenvalue weighted by Crippen LogP contribution is -2.45. The van der Waals surface area contributed by atoms with Crippen LogP contribution in [0.3, 0.4) is 0 Å². The SMILES string of the molecule is O=C(CN1C(=O)COc2ccc(F)cc21)NCCc1ccccc1. The van der Waals surface area contributed by atoms with Crippen LogP contribution in [-0.4, -0.2) is 31.5 Å². The molecule has 1 aliphatic rings. The molecule has 2 aromatic rings. The van der Waals surface area contributed by atoms with Crippen LogP contribution in [0.15, 0.2) is 48.5 Å². The highest BCUT2D eigenvalue weighted by atomic mass is 19.1. The maximum Gasteiger partial charge on any atom is 0.265 e. The first-order valence-corrected chi connectivity index (χ1v) is 7.67. The van der Waals surface area contributed by atoms with E-state index in [0.29, 0.717) is 18.7 Å². The number of nitrogens with one attached hydrogen (secondary N) is 1. The Kier molecular flexibility index (Phi) is 4.74. The van der Waals surface area contributed by atoms with E-state index < -0.39 is 5.82 Å². The minimum atomic E-state index is -0.485. The first-order valence-electron chi connectivity index (χ1n) is 7.67. The van der Waals surface area contributed by atoms with Gasteiger partial charge in [0.1, 0.15) is 18.1 Å². The Morgan fingerprint density at radius 2 is 2.00 bits per heavy atom. The van der Waals surface area contributed by atoms with Crippen molar-refractivity contribution >= 4 is 17.5 Å². The fraction of sp³-hybridized carbons (Fsp3) is 0.222. The second-order valence-electron chi connectivity index (χ2n) is 5.47. The van der Waals surface area contributed by atoms with E-state index in [1.165, 1.54) is 23.1 Å². The summed E-state index contributed by atoms with van der Waals surface area (Å²) in [6, 6.07) is 13.7. The van der Waals surface area contributed by atoms with Gasteiger partial charge >= 0.3 is 0 Å². The molecule has 1 heterocycles. The quantitative estimate of drug-likeness (QED) is 0.912. The van der Waals surface area contributed by atoms with Crippen molar-refractivity contribution in [2.45, 2.75) is 6.42 Å². The zero-order chi connectivity index (χ0) is 16.9. The summed E-state index contributed by atoms with van der Waals surface area (Å²) in [7, 11) is 0. The zero-order valence-corrected chi connectivity index (χ0v) is 13.0. The number of carbonyl (C=O) groups excluding carboxylic acids is 2. The largest absolute Gasteiger partial charge is 0.482 e. The molecule has 5 nitrogen and oxygen atoms in total. The lowest BCUT2D eigenvalue weighted by atomic mass is 10.1. The predicted molar refractivity (Wildman–Crippen MR) is 87.4 cm³/mol. The van der Waals surface area contributed by atoms with E-state index in [1.54, 1.807) is 0 Å². The molecule has 0 saturated heterocycles. The van der Waals surface area contributed by atoms with Crippen molar-refractivity contribution in [2.75, 3.05) is 24.6 Å². The fourth-order valence-electron chi connectivity index (χ4n) is 2.54. The molecule has 0 atom stereocenters. The maximum absolute atomic E-state index is 13.4. The summed E-state index contributed by atoms with van der Waals surface area (Å²) in [6.45, 7) is 0.154. The van der Waals surface area contributed by atoms with Gasteiger partial charge in [-0.2, -0.15) is 0 Å². The normalized spacial score (nSPS) is 13.2. The Morgan fingerprint density at radius 3 is 2.79 bits per heavy atom. The van der Waals surface area contributed by atoms with E-state index in [4.69, 9.17) is 4.74 Å². The molecular weight excluding hydrogens is 311 g/mol. The predicted octanol–water partition coefficient (Wildman–Crippen LogP) is 1.91. The molecule has 124 valence electrons. The Morgan fingerprint density at radius 1 is 1.21 bits per heavy atom. The average molecular weight is 328 g/mol. The van der Waals surface area contributed by atoms with Crippen LogP contribution in [0.5, 0.6) is 5.75 Å². The number of nitrogens with zero attached hydrogens (tertiary/aromatic N) is 1. The third-order valence-corrected chi connectivity index (χ3v) is 3.74. The molecular formula is C18H17FN2O3. The minimum absolute atomic E-state index is 0.157. The highest BCUT2D eigenvalue weighted by Gasteiger charge is 2.27. The average Bonchev–Trinajstić information content (AvgIpc) is 2.58. The first kappa shape index (κ1) is 16.0. The summed E-state index contributed by atoms with van der Waals surface area (Å²) < 4.78 is 18.7. The van der Waals surface area contributed by atoms with Crippen LogP contribution in [0.4, 0.5) is 10.1 Å². The van der Waals surface area contributed by atoms with Gasteiger partial charge in [-0.15, -0.1) is 0 Å². The number of hydrogen-bond donors (Lipinski definition) is 1. The molecule has 6 heteroatoms. The van der Waals surface area contributed by atoms with Crippen LogP contribution < -0.4 is 15.0 Å². The summed E-state index contributed by atoms with van der Waals surface area (Å²) in [4.78, 5) is 25.3. The van der Waals surface area contributed by atoms with Crippen LogP contribution in [0.25, 0.3) is 0 Å². The smallest absolute Gasteiger partial charge is 0.265 e. The third kappa shape index (κ3) is 3.71. The van der Waals surface area contributed by atoms with Crippen molar-refractivity contribution in [3.63, 3.8) is 0 Å². The van der Waals surface area contributed by atoms with Crippen molar-refractivity contribution in [3.8, 4) is 5.75 Å². The lowest BCUT2D eigenvalue weighted by Gasteiger charge is -2.28. The Labute approximate surface area is 139 Å². The van der Waals surface area contributed by atoms with Gasteiger partial charge in [-0.25, -0.2) is 4.39 Å². The number of fused-ring (bicyclic) bond motifs is 1. The second-order valence-corrected chi connectivity index (χ2v) is 5.47. The van der Waals surface area contributed by atoms with Gasteiger partial charge in [0.25, 0.3) is 5.91 Å². The summed E-state index contributed by atoms with van der Waals surface area (Å²) in [5.41, 5.74) is 1.40. The molecule has 1 aliphatic heterocycles. The highest BCUT2D eigenvalue weighted by molar-refractivity contribution is 6.02. The van der Waals surface area contributed by atoms with Gasteiger partial charge in [-0.1, -0.05) is 30.3 Å². The fourth-order valence-corrected chi connectivity index (χ4v) is 2.54. The number of carbonyl (C=O) groups is 2. The molecule has 0 aliphatic carbocycles. The third-order valence-electron chi connectivity index (χ3n) is 3.74. The summed E-state index contributed by atoms with van der Waals surface area (Å²) in [5, 5.41) is 2.78. The van der Waals surface area contributed by atoms with Gasteiger partial charge in [0.2, 0.25) is 5.91 Å². The number of ether oxygens (including phenoxy) is 1. The van der Waals surface area contributed by atoms with Crippen LogP contribution >= 0.6 is 0 Å². The minimum Gasteiger partial charge on any atom is -0.482 e. The van der Waals surface area contributed by atoms with E-state index in [0.717, 1.165) is 5.56 Å². The second kappa shape index (κ2) is 7.12. The van der Waals surface area contributed by atoms with E-state index >= 15 is 0 Å². The van der Waals surface area contributed by atoms with Crippen molar-refractivity contribution in [1.29, 1.82) is 0 Å². The molecule has 3 rings (SSSR count). The van der Waals surface area contributed by atoms with Gasteiger partial charge in [0.15, 0.2) is 6.61 Å². The molecule has 0 bridgehead atoms. The Bertz CT molecular complexity index is 749. The van der Waals surface area contributed by atoms with E-state index in [-0.39, 0.29) is 30.7 Å². The number of anilines is 1. The molecule has 0 fully saturated rings. The number of rotatable bonds is 5. The first-order chi connectivity index (χ1) is 11.6. The monoisotopic (exact) mass is 328 g/mol. The van der Waals surface area contributed by atoms with E-state index in [9.17, 15) is 14.0 Å². The molecule has 2 aromatic carbocycles. The molecule has 0 radical (unpaired) electrons. The maximum atomic E-state index is 13.4. The van der Waals surface area contributed by atoms with Crippen molar-refractivity contribution in [2.24, 2.45) is 0 Å². The molecule has 2 amide bonds. The molecule has 0 unspecified atom stereocenters. The van der Waals surface area contributed by atoms with Crippen molar-refractivity contribution < 1.29 is 18.7 Å². The number of hydrogen-bond acceptors (Lipinski definition) is 3. The summed E-state index contributed by atoms with van der Waals surface area (Å²) in [6.07, 6.45) is 0.703. The van der Waals surface area contributed by atoms with Crippen molar-refractivity contribution in [1.82, 2.24) is 5.32 Å². The summed E-state index contributed by atoms with van der Waals surface area (Å²) in [5.74, 6) is -0.752. The van der Waals surface area contributed by atoms with Gasteiger partial charge in [0.05, 0.1) is 5.69 Å². The van der Waals surface area contributed by atoms with Crippen LogP contribution in [0.2, 0.25) is 0 Å². The Balaban J connectivity index is 1.60. The summed E-state index contributed by atoms with van der Waals surface area (Å²) >= 11 is 0. The van der Waals surface area contributed by atoms with Gasteiger partial charge < -0.3 is 10.1 Å². The highest BCUT2D eigenvalue weighted by Crippen LogP contribution is 2.32. The van der Waals surface area contributed by atoms with E-state index in [2.05, 4.69) is 5.32 Å². The number of benzene rings is 2. The van der Waals surface area contributed by atoms with Crippen LogP contribution in [0.1, 0.15) is 5.56 Å². The zero-order valence-electron chi connectivity index (χ0n) is 13.0. The molecule has 24 heavy (non-hydrogen) atoms. The standard InChI is InChI=1S/C18H17FN2O3/c19-14-6-7-16-15(10-14)21(18(23)12-24-16)11-17(22)20-9-8-13-4-2-1-3-5-13/h1-7,10H,8-9,11-12H2,(H,20,22). The van der Waals surface area contributed by atoms with Gasteiger partial charge in [0, 0.05) is 12.6 Å². The number of amides is 2.